The number of para-hydroxylation sites is 2. The molecule has 0 aliphatic rings. The first kappa shape index (κ1) is 12.4. The zero-order valence-electron chi connectivity index (χ0n) is 11.0. The van der Waals surface area contributed by atoms with Gasteiger partial charge in [0.05, 0.1) is 0 Å². The average Bonchev–Trinajstić information content (AvgIpc) is 2.70. The molecule has 1 aromatic heterocycles. The molecule has 0 radical (unpaired) electrons. The van der Waals surface area contributed by atoms with Crippen molar-refractivity contribution in [3.63, 3.8) is 0 Å². The van der Waals surface area contributed by atoms with Gasteiger partial charge in [-0.05, 0) is 39.0 Å². The van der Waals surface area contributed by atoms with Crippen LogP contribution in [0.2, 0.25) is 0 Å². The quantitative estimate of drug-likeness (QED) is 0.816. The maximum Gasteiger partial charge on any atom is 0.141 e. The predicted molar refractivity (Wildman–Crippen MR) is 74.9 cm³/mol. The molecule has 3 nitrogen and oxygen atoms in total. The van der Waals surface area contributed by atoms with E-state index in [1.807, 2.05) is 6.07 Å². The topological polar surface area (TPSA) is 37.5 Å². The summed E-state index contributed by atoms with van der Waals surface area (Å²) < 4.78 is 2.20. The molecule has 0 saturated carbocycles. The number of phenolic OH excluding ortho intramolecular Hbond substituents is 1. The molecule has 2 rings (SSSR count). The highest BCUT2D eigenvalue weighted by Gasteiger charge is 2.03. The first-order valence-corrected chi connectivity index (χ1v) is 6.08. The monoisotopic (exact) mass is 242 g/mol. The van der Waals surface area contributed by atoms with Gasteiger partial charge < -0.3 is 9.67 Å². The molecule has 0 saturated heterocycles. The van der Waals surface area contributed by atoms with Gasteiger partial charge in [0, 0.05) is 29.7 Å². The summed E-state index contributed by atoms with van der Waals surface area (Å²) in [4.78, 5) is 4.30. The lowest BCUT2D eigenvalue weighted by Gasteiger charge is -2.08. The van der Waals surface area contributed by atoms with Crippen LogP contribution < -0.4 is 0 Å². The van der Waals surface area contributed by atoms with Crippen LogP contribution >= 0.6 is 0 Å². The van der Waals surface area contributed by atoms with E-state index in [0.29, 0.717) is 11.7 Å². The molecule has 1 heterocycles. The highest BCUT2D eigenvalue weighted by Crippen LogP contribution is 2.24. The molecule has 0 bridgehead atoms. The molecule has 0 atom stereocenters. The minimum atomic E-state index is 0.203. The van der Waals surface area contributed by atoms with Crippen LogP contribution in [0, 0.1) is 6.92 Å². The number of aromatic nitrogens is 1. The molecule has 0 aliphatic heterocycles. The summed E-state index contributed by atoms with van der Waals surface area (Å²) >= 11 is 0. The Hall–Kier alpha value is -2.03. The van der Waals surface area contributed by atoms with Gasteiger partial charge in [0.15, 0.2) is 0 Å². The second-order valence-corrected chi connectivity index (χ2v) is 4.66. The highest BCUT2D eigenvalue weighted by molar-refractivity contribution is 5.82. The minimum absolute atomic E-state index is 0.203. The summed E-state index contributed by atoms with van der Waals surface area (Å²) in [6.45, 7) is 6.38. The van der Waals surface area contributed by atoms with Gasteiger partial charge >= 0.3 is 0 Å². The highest BCUT2D eigenvalue weighted by atomic mass is 16.3. The molecule has 1 aromatic carbocycles. The molecular formula is C15H18N2O. The molecule has 0 spiro atoms. The Bertz CT molecular complexity index is 568. The Morgan fingerprint density at radius 1 is 1.28 bits per heavy atom. The second kappa shape index (κ2) is 5.08. The van der Waals surface area contributed by atoms with Crippen LogP contribution in [0.4, 0.5) is 5.69 Å². The van der Waals surface area contributed by atoms with E-state index in [1.165, 1.54) is 5.69 Å². The van der Waals surface area contributed by atoms with Crippen LogP contribution in [-0.4, -0.2) is 15.9 Å². The molecular weight excluding hydrogens is 224 g/mol. The second-order valence-electron chi connectivity index (χ2n) is 4.66. The van der Waals surface area contributed by atoms with E-state index in [-0.39, 0.29) is 5.75 Å². The van der Waals surface area contributed by atoms with Gasteiger partial charge in [0.1, 0.15) is 11.4 Å². The van der Waals surface area contributed by atoms with Gasteiger partial charge in [-0.2, -0.15) is 0 Å². The van der Waals surface area contributed by atoms with Crippen LogP contribution in [0.25, 0.3) is 0 Å². The van der Waals surface area contributed by atoms with Crippen molar-refractivity contribution in [1.82, 2.24) is 4.57 Å². The van der Waals surface area contributed by atoms with Crippen molar-refractivity contribution in [2.75, 3.05) is 0 Å². The van der Waals surface area contributed by atoms with E-state index in [9.17, 15) is 5.11 Å². The van der Waals surface area contributed by atoms with E-state index in [4.69, 9.17) is 0 Å². The Morgan fingerprint density at radius 3 is 2.61 bits per heavy atom. The van der Waals surface area contributed by atoms with E-state index >= 15 is 0 Å². The van der Waals surface area contributed by atoms with E-state index in [2.05, 4.69) is 42.6 Å². The number of nitrogens with zero attached hydrogens (tertiary/aromatic N) is 2. The summed E-state index contributed by atoms with van der Waals surface area (Å²) in [6.07, 6.45) is 3.85. The maximum absolute atomic E-state index is 9.62. The van der Waals surface area contributed by atoms with Gasteiger partial charge in [-0.25, -0.2) is 0 Å². The summed E-state index contributed by atoms with van der Waals surface area (Å²) in [5.41, 5.74) is 2.85. The predicted octanol–water partition coefficient (Wildman–Crippen LogP) is 3.83. The lowest BCUT2D eigenvalue weighted by atomic mass is 10.3. The van der Waals surface area contributed by atoms with E-state index in [1.54, 1.807) is 24.4 Å². The lowest BCUT2D eigenvalue weighted by molar-refractivity contribution is 0.477. The average molecular weight is 242 g/mol. The Balaban J connectivity index is 2.24. The van der Waals surface area contributed by atoms with Crippen LogP contribution in [0.1, 0.15) is 31.1 Å². The van der Waals surface area contributed by atoms with Crippen LogP contribution in [-0.2, 0) is 0 Å². The first-order valence-electron chi connectivity index (χ1n) is 6.08. The van der Waals surface area contributed by atoms with Gasteiger partial charge in [0.2, 0.25) is 0 Å². The molecule has 0 aliphatic carbocycles. The summed E-state index contributed by atoms with van der Waals surface area (Å²) in [6, 6.07) is 9.60. The number of aliphatic imine (C=N–C) groups is 1. The third kappa shape index (κ3) is 2.62. The number of hydrogen-bond acceptors (Lipinski definition) is 2. The molecule has 1 N–H and O–H groups in total. The fourth-order valence-corrected chi connectivity index (χ4v) is 1.96. The van der Waals surface area contributed by atoms with Crippen molar-refractivity contribution in [3.8, 4) is 5.75 Å². The normalized spacial score (nSPS) is 11.6. The van der Waals surface area contributed by atoms with Gasteiger partial charge in [0.25, 0.3) is 0 Å². The minimum Gasteiger partial charge on any atom is -0.506 e. The Kier molecular flexibility index (Phi) is 3.51. The fraction of sp³-hybridized carbons (Fsp3) is 0.267. The zero-order chi connectivity index (χ0) is 13.1. The molecule has 18 heavy (non-hydrogen) atoms. The van der Waals surface area contributed by atoms with Crippen molar-refractivity contribution in [1.29, 1.82) is 0 Å². The van der Waals surface area contributed by atoms with Crippen LogP contribution in [0.5, 0.6) is 5.75 Å². The van der Waals surface area contributed by atoms with Crippen molar-refractivity contribution in [2.45, 2.75) is 26.8 Å². The molecule has 0 fully saturated rings. The van der Waals surface area contributed by atoms with Crippen LogP contribution in [0.3, 0.4) is 0 Å². The van der Waals surface area contributed by atoms with Gasteiger partial charge in [-0.15, -0.1) is 0 Å². The number of rotatable bonds is 3. The molecule has 94 valence electrons. The summed E-state index contributed by atoms with van der Waals surface area (Å²) in [5.74, 6) is 0.203. The molecule has 2 aromatic rings. The zero-order valence-corrected chi connectivity index (χ0v) is 11.0. The van der Waals surface area contributed by atoms with Crippen molar-refractivity contribution in [2.24, 2.45) is 4.99 Å². The number of benzene rings is 1. The third-order valence-corrected chi connectivity index (χ3v) is 2.86. The lowest BCUT2D eigenvalue weighted by Crippen LogP contribution is -2.00. The van der Waals surface area contributed by atoms with E-state index < -0.39 is 0 Å². The van der Waals surface area contributed by atoms with Gasteiger partial charge in [-0.1, -0.05) is 12.1 Å². The summed E-state index contributed by atoms with van der Waals surface area (Å²) in [7, 11) is 0. The Morgan fingerprint density at radius 2 is 2.00 bits per heavy atom. The van der Waals surface area contributed by atoms with Gasteiger partial charge in [-0.3, -0.25) is 4.99 Å². The van der Waals surface area contributed by atoms with Crippen molar-refractivity contribution < 1.29 is 5.11 Å². The third-order valence-electron chi connectivity index (χ3n) is 2.86. The largest absolute Gasteiger partial charge is 0.506 e. The number of hydrogen-bond donors (Lipinski definition) is 1. The number of aromatic hydroxyl groups is 1. The van der Waals surface area contributed by atoms with Crippen molar-refractivity contribution in [3.05, 3.63) is 47.8 Å². The van der Waals surface area contributed by atoms with Crippen LogP contribution in [0.15, 0.2) is 41.5 Å². The fourth-order valence-electron chi connectivity index (χ4n) is 1.96. The smallest absolute Gasteiger partial charge is 0.141 e. The SMILES string of the molecule is Cc1cc(C=Nc2ccccc2O)cn1C(C)C. The number of aryl methyl sites for hydroxylation is 1. The number of phenols is 1. The molecule has 3 heteroatoms. The Labute approximate surface area is 107 Å². The standard InChI is InChI=1S/C15H18N2O/c1-11(2)17-10-13(8-12(17)3)9-16-14-6-4-5-7-15(14)18/h4-11,18H,1-3H3. The summed E-state index contributed by atoms with van der Waals surface area (Å²) in [5, 5.41) is 9.62. The maximum atomic E-state index is 9.62. The molecule has 0 unspecified atom stereocenters. The first-order chi connectivity index (χ1) is 8.58. The van der Waals surface area contributed by atoms with Crippen molar-refractivity contribution >= 4 is 11.9 Å². The molecule has 0 amide bonds. The van der Waals surface area contributed by atoms with E-state index in [0.717, 1.165) is 5.56 Å².